The molecule has 0 aromatic heterocycles. The molecule has 5 nitrogen and oxygen atoms in total. The number of nitrogens with two attached hydrogens (primary N) is 1. The highest BCUT2D eigenvalue weighted by Crippen LogP contribution is 2.41. The van der Waals surface area contributed by atoms with Crippen molar-refractivity contribution in [2.75, 3.05) is 18.0 Å². The number of carbonyl (C=O) groups is 2. The van der Waals surface area contributed by atoms with Crippen LogP contribution in [-0.4, -0.2) is 30.3 Å². The first-order valence-electron chi connectivity index (χ1n) is 10.00. The van der Waals surface area contributed by atoms with Gasteiger partial charge in [0.1, 0.15) is 0 Å². The number of halogens is 1. The molecule has 0 bridgehead atoms. The van der Waals surface area contributed by atoms with Crippen LogP contribution in [0.15, 0.2) is 23.1 Å². The second-order valence-electron chi connectivity index (χ2n) is 7.82. The van der Waals surface area contributed by atoms with Gasteiger partial charge < -0.3 is 10.6 Å². The van der Waals surface area contributed by atoms with Crippen LogP contribution in [0.3, 0.4) is 0 Å². The Morgan fingerprint density at radius 2 is 1.89 bits per heavy atom. The SMILES string of the molecule is Cl.NC1CCCN(c2c(/C=C3/SC(=O)NC3=O)cccc2C2CCCCC2)C1. The van der Waals surface area contributed by atoms with Gasteiger partial charge in [-0.1, -0.05) is 37.5 Å². The van der Waals surface area contributed by atoms with Crippen LogP contribution in [-0.2, 0) is 4.79 Å². The molecule has 1 aromatic rings. The van der Waals surface area contributed by atoms with Crippen LogP contribution in [0.4, 0.5) is 10.5 Å². The second kappa shape index (κ2) is 9.33. The number of amides is 2. The van der Waals surface area contributed by atoms with Crippen LogP contribution in [0.2, 0.25) is 0 Å². The number of imide groups is 1. The third kappa shape index (κ3) is 4.56. The third-order valence-electron chi connectivity index (χ3n) is 5.85. The van der Waals surface area contributed by atoms with E-state index in [1.807, 2.05) is 6.08 Å². The van der Waals surface area contributed by atoms with Gasteiger partial charge in [0.15, 0.2) is 0 Å². The molecular weight excluding hydrogens is 394 g/mol. The van der Waals surface area contributed by atoms with Gasteiger partial charge in [-0.2, -0.15) is 0 Å². The Kier molecular flexibility index (Phi) is 7.07. The molecule has 4 rings (SSSR count). The van der Waals surface area contributed by atoms with Gasteiger partial charge in [0.2, 0.25) is 0 Å². The second-order valence-corrected chi connectivity index (χ2v) is 8.84. The number of benzene rings is 1. The number of hydrogen-bond donors (Lipinski definition) is 2. The molecule has 1 unspecified atom stereocenters. The highest BCUT2D eigenvalue weighted by Gasteiger charge is 2.28. The fourth-order valence-electron chi connectivity index (χ4n) is 4.58. The number of anilines is 1. The van der Waals surface area contributed by atoms with Crippen molar-refractivity contribution in [1.82, 2.24) is 5.32 Å². The van der Waals surface area contributed by atoms with E-state index < -0.39 is 0 Å². The fourth-order valence-corrected chi connectivity index (χ4v) is 5.25. The molecular formula is C21H28ClN3O2S. The number of carbonyl (C=O) groups excluding carboxylic acids is 2. The minimum absolute atomic E-state index is 0. The quantitative estimate of drug-likeness (QED) is 0.707. The van der Waals surface area contributed by atoms with Crippen molar-refractivity contribution in [2.45, 2.75) is 56.9 Å². The van der Waals surface area contributed by atoms with Crippen LogP contribution in [0.1, 0.15) is 62.0 Å². The summed E-state index contributed by atoms with van der Waals surface area (Å²) >= 11 is 0.984. The molecule has 152 valence electrons. The first-order valence-corrected chi connectivity index (χ1v) is 10.8. The van der Waals surface area contributed by atoms with E-state index in [2.05, 4.69) is 28.4 Å². The summed E-state index contributed by atoms with van der Waals surface area (Å²) in [7, 11) is 0. The van der Waals surface area contributed by atoms with Gasteiger partial charge in [-0.15, -0.1) is 12.4 Å². The standard InChI is InChI=1S/C21H27N3O2S.ClH/c22-16-9-5-11-24(13-16)19-15(12-18-20(25)23-21(26)27-18)8-4-10-17(19)14-6-2-1-3-7-14;/h4,8,10,12,14,16H,1-3,5-7,9,11,13,22H2,(H,23,25,26);1H/b18-12+;. The summed E-state index contributed by atoms with van der Waals surface area (Å²) in [6.45, 7) is 1.84. The zero-order valence-electron chi connectivity index (χ0n) is 16.0. The van der Waals surface area contributed by atoms with Crippen molar-refractivity contribution in [3.05, 3.63) is 34.2 Å². The number of thioether (sulfide) groups is 1. The zero-order valence-corrected chi connectivity index (χ0v) is 17.6. The van der Waals surface area contributed by atoms with Gasteiger partial charge in [0.05, 0.1) is 4.91 Å². The van der Waals surface area contributed by atoms with Crippen LogP contribution in [0.25, 0.3) is 6.08 Å². The summed E-state index contributed by atoms with van der Waals surface area (Å²) in [6, 6.07) is 6.58. The van der Waals surface area contributed by atoms with Gasteiger partial charge in [0, 0.05) is 24.8 Å². The van der Waals surface area contributed by atoms with E-state index in [-0.39, 0.29) is 29.6 Å². The average Bonchev–Trinajstić information content (AvgIpc) is 2.99. The first kappa shape index (κ1) is 21.2. The topological polar surface area (TPSA) is 75.4 Å². The van der Waals surface area contributed by atoms with Crippen LogP contribution < -0.4 is 16.0 Å². The van der Waals surface area contributed by atoms with Gasteiger partial charge in [0.25, 0.3) is 11.1 Å². The van der Waals surface area contributed by atoms with Crippen molar-refractivity contribution in [2.24, 2.45) is 5.73 Å². The minimum atomic E-state index is -0.297. The van der Waals surface area contributed by atoms with E-state index >= 15 is 0 Å². The summed E-state index contributed by atoms with van der Waals surface area (Å²) < 4.78 is 0. The van der Waals surface area contributed by atoms with E-state index in [0.717, 1.165) is 43.3 Å². The third-order valence-corrected chi connectivity index (χ3v) is 6.66. The Balaban J connectivity index is 0.00000225. The van der Waals surface area contributed by atoms with E-state index in [4.69, 9.17) is 5.73 Å². The lowest BCUT2D eigenvalue weighted by Crippen LogP contribution is -2.43. The Hall–Kier alpha value is -1.50. The predicted octanol–water partition coefficient (Wildman–Crippen LogP) is 4.41. The van der Waals surface area contributed by atoms with E-state index in [9.17, 15) is 9.59 Å². The molecule has 28 heavy (non-hydrogen) atoms. The molecule has 0 radical (unpaired) electrons. The average molecular weight is 422 g/mol. The lowest BCUT2D eigenvalue weighted by molar-refractivity contribution is -0.115. The number of hydrogen-bond acceptors (Lipinski definition) is 5. The smallest absolute Gasteiger partial charge is 0.290 e. The molecule has 7 heteroatoms. The van der Waals surface area contributed by atoms with E-state index in [1.165, 1.54) is 43.4 Å². The number of para-hydroxylation sites is 1. The van der Waals surface area contributed by atoms with Crippen LogP contribution in [0, 0.1) is 0 Å². The molecule has 3 N–H and O–H groups in total. The number of piperidine rings is 1. The highest BCUT2D eigenvalue weighted by atomic mass is 35.5. The summed E-state index contributed by atoms with van der Waals surface area (Å²) in [6.07, 6.45) is 10.4. The van der Waals surface area contributed by atoms with Gasteiger partial charge in [-0.25, -0.2) is 0 Å². The molecule has 3 fully saturated rings. The summed E-state index contributed by atoms with van der Waals surface area (Å²) in [4.78, 5) is 26.5. The fraction of sp³-hybridized carbons (Fsp3) is 0.524. The van der Waals surface area contributed by atoms with Crippen molar-refractivity contribution >= 4 is 47.1 Å². The Bertz CT molecular complexity index is 777. The monoisotopic (exact) mass is 421 g/mol. The molecule has 2 aliphatic heterocycles. The van der Waals surface area contributed by atoms with Crippen molar-refractivity contribution in [1.29, 1.82) is 0 Å². The molecule has 3 aliphatic rings. The maximum atomic E-state index is 12.1. The molecule has 1 atom stereocenters. The van der Waals surface area contributed by atoms with E-state index in [0.29, 0.717) is 10.8 Å². The zero-order chi connectivity index (χ0) is 18.8. The number of nitrogens with one attached hydrogen (secondary N) is 1. The summed E-state index contributed by atoms with van der Waals surface area (Å²) in [5.41, 5.74) is 9.91. The van der Waals surface area contributed by atoms with Crippen LogP contribution >= 0.6 is 24.2 Å². The Morgan fingerprint density at radius 1 is 1.11 bits per heavy atom. The van der Waals surface area contributed by atoms with Gasteiger partial charge in [-0.05, 0) is 60.6 Å². The van der Waals surface area contributed by atoms with Gasteiger partial charge >= 0.3 is 0 Å². The highest BCUT2D eigenvalue weighted by molar-refractivity contribution is 8.18. The van der Waals surface area contributed by atoms with E-state index in [1.54, 1.807) is 0 Å². The molecule has 2 saturated heterocycles. The Labute approximate surface area is 176 Å². The summed E-state index contributed by atoms with van der Waals surface area (Å²) in [5.74, 6) is 0.270. The number of nitrogens with zero attached hydrogens (tertiary/aromatic N) is 1. The predicted molar refractivity (Wildman–Crippen MR) is 118 cm³/mol. The van der Waals surface area contributed by atoms with Crippen molar-refractivity contribution in [3.63, 3.8) is 0 Å². The maximum absolute atomic E-state index is 12.1. The normalized spacial score (nSPS) is 25.0. The number of rotatable bonds is 3. The molecule has 1 saturated carbocycles. The van der Waals surface area contributed by atoms with Crippen LogP contribution in [0.5, 0.6) is 0 Å². The Morgan fingerprint density at radius 3 is 2.57 bits per heavy atom. The molecule has 1 aromatic carbocycles. The first-order chi connectivity index (χ1) is 13.1. The maximum Gasteiger partial charge on any atom is 0.290 e. The van der Waals surface area contributed by atoms with Gasteiger partial charge in [-0.3, -0.25) is 14.9 Å². The molecule has 2 amide bonds. The summed E-state index contributed by atoms with van der Waals surface area (Å²) in [5, 5.41) is 2.06. The lowest BCUT2D eigenvalue weighted by Gasteiger charge is -2.37. The van der Waals surface area contributed by atoms with Crippen molar-refractivity contribution < 1.29 is 9.59 Å². The van der Waals surface area contributed by atoms with Crippen molar-refractivity contribution in [3.8, 4) is 0 Å². The lowest BCUT2D eigenvalue weighted by atomic mass is 9.82. The minimum Gasteiger partial charge on any atom is -0.369 e. The molecule has 1 aliphatic carbocycles. The molecule has 0 spiro atoms. The molecule has 2 heterocycles. The largest absolute Gasteiger partial charge is 0.369 e.